The van der Waals surface area contributed by atoms with Crippen LogP contribution in [-0.2, 0) is 14.8 Å². The number of nitrogens with zero attached hydrogens (tertiary/aromatic N) is 2. The molecule has 0 aliphatic carbocycles. The molecule has 2 aromatic rings. The monoisotopic (exact) mass is 484 g/mol. The molecule has 1 saturated heterocycles. The van der Waals surface area contributed by atoms with Gasteiger partial charge in [0.2, 0.25) is 10.0 Å². The molecule has 9 heteroatoms. The van der Waals surface area contributed by atoms with Crippen molar-refractivity contribution in [3.05, 3.63) is 63.9 Å². The third-order valence-corrected chi connectivity index (χ3v) is 7.91. The van der Waals surface area contributed by atoms with E-state index < -0.39 is 10.0 Å². The van der Waals surface area contributed by atoms with Crippen molar-refractivity contribution >= 4 is 31.9 Å². The summed E-state index contributed by atoms with van der Waals surface area (Å²) in [5, 5.41) is 0. The van der Waals surface area contributed by atoms with Crippen LogP contribution in [0.5, 0.6) is 0 Å². The van der Waals surface area contributed by atoms with Crippen LogP contribution in [0.4, 0.5) is 4.39 Å². The molecule has 1 amide bonds. The minimum Gasteiger partial charge on any atom is -0.379 e. The highest BCUT2D eigenvalue weighted by Crippen LogP contribution is 2.28. The maximum Gasteiger partial charge on any atom is 0.254 e. The summed E-state index contributed by atoms with van der Waals surface area (Å²) in [5.74, 6) is -0.673. The summed E-state index contributed by atoms with van der Waals surface area (Å²) in [5.41, 5.74) is 1.04. The van der Waals surface area contributed by atoms with Gasteiger partial charge in [0.25, 0.3) is 5.91 Å². The molecular weight excluding hydrogens is 463 g/mol. The van der Waals surface area contributed by atoms with Gasteiger partial charge >= 0.3 is 0 Å². The molecular formula is C20H22BrFN2O4S. The summed E-state index contributed by atoms with van der Waals surface area (Å²) >= 11 is 3.29. The van der Waals surface area contributed by atoms with Gasteiger partial charge in [-0.2, -0.15) is 4.31 Å². The molecule has 0 saturated carbocycles. The van der Waals surface area contributed by atoms with Gasteiger partial charge in [-0.15, -0.1) is 0 Å². The fourth-order valence-electron chi connectivity index (χ4n) is 3.10. The van der Waals surface area contributed by atoms with Gasteiger partial charge in [0.1, 0.15) is 5.82 Å². The minimum absolute atomic E-state index is 0.0492. The Balaban J connectivity index is 1.88. The Morgan fingerprint density at radius 2 is 1.79 bits per heavy atom. The largest absolute Gasteiger partial charge is 0.379 e. The van der Waals surface area contributed by atoms with E-state index in [1.54, 1.807) is 31.3 Å². The maximum absolute atomic E-state index is 13.2. The van der Waals surface area contributed by atoms with Crippen molar-refractivity contribution < 1.29 is 22.3 Å². The van der Waals surface area contributed by atoms with Gasteiger partial charge in [0, 0.05) is 30.2 Å². The average molecular weight is 485 g/mol. The number of hydrogen-bond acceptors (Lipinski definition) is 4. The highest BCUT2D eigenvalue weighted by molar-refractivity contribution is 9.10. The first-order chi connectivity index (χ1) is 13.7. The number of amides is 1. The number of carbonyl (C=O) groups excluding carboxylic acids is 1. The van der Waals surface area contributed by atoms with Crippen molar-refractivity contribution in [2.24, 2.45) is 0 Å². The standard InChI is InChI=1S/C20H22BrFN2O4S/c1-14(15-3-6-17(22)7-4-15)23(2)20(25)16-5-8-18(21)19(13-16)29(26,27)24-9-11-28-12-10-24/h3-8,13-14H,9-12H2,1-2H3. The summed E-state index contributed by atoms with van der Waals surface area (Å²) in [6, 6.07) is 10.2. The third-order valence-electron chi connectivity index (χ3n) is 5.02. The molecule has 2 aromatic carbocycles. The predicted octanol–water partition coefficient (Wildman–Crippen LogP) is 3.44. The molecule has 1 aliphatic heterocycles. The molecule has 0 radical (unpaired) electrons. The Hall–Kier alpha value is -1.81. The Morgan fingerprint density at radius 1 is 1.17 bits per heavy atom. The van der Waals surface area contributed by atoms with Gasteiger partial charge in [0.05, 0.1) is 24.2 Å². The van der Waals surface area contributed by atoms with Crippen LogP contribution in [0.3, 0.4) is 0 Å². The quantitative estimate of drug-likeness (QED) is 0.651. The average Bonchev–Trinajstić information content (AvgIpc) is 2.73. The molecule has 6 nitrogen and oxygen atoms in total. The fourth-order valence-corrected chi connectivity index (χ4v) is 5.46. The number of benzene rings is 2. The highest BCUT2D eigenvalue weighted by atomic mass is 79.9. The molecule has 1 heterocycles. The number of ether oxygens (including phenoxy) is 1. The Labute approximate surface area is 178 Å². The van der Waals surface area contributed by atoms with E-state index >= 15 is 0 Å². The van der Waals surface area contributed by atoms with Gasteiger partial charge in [-0.1, -0.05) is 12.1 Å². The first-order valence-corrected chi connectivity index (χ1v) is 11.3. The molecule has 3 rings (SSSR count). The van der Waals surface area contributed by atoms with E-state index in [1.807, 2.05) is 6.92 Å². The van der Waals surface area contributed by atoms with Crippen molar-refractivity contribution in [3.8, 4) is 0 Å². The van der Waals surface area contributed by atoms with Crippen LogP contribution in [0.15, 0.2) is 51.8 Å². The SMILES string of the molecule is CC(c1ccc(F)cc1)N(C)C(=O)c1ccc(Br)c(S(=O)(=O)N2CCOCC2)c1. The van der Waals surface area contributed by atoms with E-state index in [4.69, 9.17) is 4.74 Å². The first kappa shape index (κ1) is 21.9. The van der Waals surface area contributed by atoms with Gasteiger partial charge in [-0.25, -0.2) is 12.8 Å². The van der Waals surface area contributed by atoms with Crippen molar-refractivity contribution in [2.75, 3.05) is 33.4 Å². The number of sulfonamides is 1. The molecule has 1 atom stereocenters. The van der Waals surface area contributed by atoms with Crippen LogP contribution < -0.4 is 0 Å². The Bertz CT molecular complexity index is 992. The van der Waals surface area contributed by atoms with Crippen LogP contribution in [0.25, 0.3) is 0 Å². The van der Waals surface area contributed by atoms with Crippen LogP contribution in [0.2, 0.25) is 0 Å². The van der Waals surface area contributed by atoms with Crippen molar-refractivity contribution in [1.29, 1.82) is 0 Å². The van der Waals surface area contributed by atoms with Gasteiger partial charge in [-0.3, -0.25) is 4.79 Å². The molecule has 1 aliphatic rings. The van der Waals surface area contributed by atoms with Gasteiger partial charge in [-0.05, 0) is 58.7 Å². The van der Waals surface area contributed by atoms with Crippen LogP contribution in [-0.4, -0.2) is 56.9 Å². The smallest absolute Gasteiger partial charge is 0.254 e. The Morgan fingerprint density at radius 3 is 2.41 bits per heavy atom. The van der Waals surface area contributed by atoms with E-state index in [2.05, 4.69) is 15.9 Å². The van der Waals surface area contributed by atoms with Crippen LogP contribution in [0, 0.1) is 5.82 Å². The van der Waals surface area contributed by atoms with Crippen LogP contribution >= 0.6 is 15.9 Å². The number of carbonyl (C=O) groups is 1. The van der Waals surface area contributed by atoms with Crippen molar-refractivity contribution in [2.45, 2.75) is 17.9 Å². The summed E-state index contributed by atoms with van der Waals surface area (Å²) in [4.78, 5) is 14.6. The lowest BCUT2D eigenvalue weighted by Crippen LogP contribution is -2.40. The number of halogens is 2. The van der Waals surface area contributed by atoms with E-state index in [0.717, 1.165) is 5.56 Å². The lowest BCUT2D eigenvalue weighted by molar-refractivity contribution is 0.0728. The molecule has 1 fully saturated rings. The third kappa shape index (κ3) is 4.69. The lowest BCUT2D eigenvalue weighted by atomic mass is 10.1. The molecule has 1 unspecified atom stereocenters. The normalized spacial score (nSPS) is 16.4. The maximum atomic E-state index is 13.2. The molecule has 0 bridgehead atoms. The van der Waals surface area contributed by atoms with E-state index in [0.29, 0.717) is 17.7 Å². The summed E-state index contributed by atoms with van der Waals surface area (Å²) < 4.78 is 46.2. The zero-order valence-electron chi connectivity index (χ0n) is 16.1. The highest BCUT2D eigenvalue weighted by Gasteiger charge is 2.29. The first-order valence-electron chi connectivity index (χ1n) is 9.12. The zero-order valence-corrected chi connectivity index (χ0v) is 18.5. The number of rotatable bonds is 5. The second-order valence-corrected chi connectivity index (χ2v) is 9.57. The summed E-state index contributed by atoms with van der Waals surface area (Å²) in [6.45, 7) is 3.05. The van der Waals surface area contributed by atoms with E-state index in [1.165, 1.54) is 27.4 Å². The fraction of sp³-hybridized carbons (Fsp3) is 0.350. The van der Waals surface area contributed by atoms with Crippen molar-refractivity contribution in [3.63, 3.8) is 0 Å². The van der Waals surface area contributed by atoms with E-state index in [9.17, 15) is 17.6 Å². The van der Waals surface area contributed by atoms with Crippen LogP contribution in [0.1, 0.15) is 28.9 Å². The zero-order chi connectivity index (χ0) is 21.2. The topological polar surface area (TPSA) is 66.9 Å². The molecule has 156 valence electrons. The van der Waals surface area contributed by atoms with E-state index in [-0.39, 0.29) is 41.3 Å². The van der Waals surface area contributed by atoms with Gasteiger partial charge in [0.15, 0.2) is 0 Å². The minimum atomic E-state index is -3.76. The molecule has 0 N–H and O–H groups in total. The molecule has 0 spiro atoms. The summed E-state index contributed by atoms with van der Waals surface area (Å²) in [6.07, 6.45) is 0. The van der Waals surface area contributed by atoms with Gasteiger partial charge < -0.3 is 9.64 Å². The molecule has 29 heavy (non-hydrogen) atoms. The molecule has 0 aromatic heterocycles. The number of hydrogen-bond donors (Lipinski definition) is 0. The summed E-state index contributed by atoms with van der Waals surface area (Å²) in [7, 11) is -2.12. The Kier molecular flexibility index (Phi) is 6.72. The number of morpholine rings is 1. The predicted molar refractivity (Wildman–Crippen MR) is 111 cm³/mol. The lowest BCUT2D eigenvalue weighted by Gasteiger charge is -2.27. The van der Waals surface area contributed by atoms with Crippen molar-refractivity contribution in [1.82, 2.24) is 9.21 Å². The second kappa shape index (κ2) is 8.91. The second-order valence-electron chi connectivity index (χ2n) is 6.81.